The molecular formula is C13H16FNO4S. The summed E-state index contributed by atoms with van der Waals surface area (Å²) < 4.78 is 35.2. The van der Waals surface area contributed by atoms with Crippen LogP contribution in [-0.2, 0) is 16.1 Å². The van der Waals surface area contributed by atoms with Gasteiger partial charge in [-0.25, -0.2) is 13.4 Å². The molecule has 1 atom stereocenters. The summed E-state index contributed by atoms with van der Waals surface area (Å²) >= 11 is -2.49. The molecule has 1 aromatic rings. The third-order valence-electron chi connectivity index (χ3n) is 3.68. The highest BCUT2D eigenvalue weighted by molar-refractivity contribution is 7.80. The van der Waals surface area contributed by atoms with Crippen LogP contribution in [0.15, 0.2) is 24.3 Å². The molecule has 0 radical (unpaired) electrons. The molecule has 0 heterocycles. The largest absolute Gasteiger partial charge is 0.479 e. The Morgan fingerprint density at radius 2 is 1.75 bits per heavy atom. The van der Waals surface area contributed by atoms with Gasteiger partial charge >= 0.3 is 5.97 Å². The number of halogens is 1. The fraction of sp³-hybridized carbons (Fsp3) is 0.462. The van der Waals surface area contributed by atoms with E-state index in [0.717, 1.165) is 22.9 Å². The van der Waals surface area contributed by atoms with Gasteiger partial charge in [0.05, 0.1) is 5.69 Å². The van der Waals surface area contributed by atoms with E-state index in [4.69, 9.17) is 0 Å². The molecule has 2 N–H and O–H groups in total. The summed E-state index contributed by atoms with van der Waals surface area (Å²) in [5.41, 5.74) is -1.17. The number of benzene rings is 1. The van der Waals surface area contributed by atoms with Crippen LogP contribution in [0.4, 0.5) is 10.1 Å². The van der Waals surface area contributed by atoms with Gasteiger partial charge in [-0.05, 0) is 37.1 Å². The summed E-state index contributed by atoms with van der Waals surface area (Å²) in [5, 5.41) is 9.56. The maximum Gasteiger partial charge on any atom is 0.330 e. The molecule has 1 aromatic carbocycles. The third kappa shape index (κ3) is 2.69. The van der Waals surface area contributed by atoms with Crippen LogP contribution >= 0.6 is 0 Å². The fourth-order valence-corrected chi connectivity index (χ4v) is 3.57. The Morgan fingerprint density at radius 1 is 1.20 bits per heavy atom. The lowest BCUT2D eigenvalue weighted by atomic mass is 9.81. The van der Waals surface area contributed by atoms with E-state index in [-0.39, 0.29) is 5.69 Å². The van der Waals surface area contributed by atoms with Gasteiger partial charge in [0.1, 0.15) is 5.82 Å². The van der Waals surface area contributed by atoms with Crippen LogP contribution in [0.2, 0.25) is 0 Å². The molecule has 20 heavy (non-hydrogen) atoms. The number of hydrogen-bond donors (Lipinski definition) is 2. The second-order valence-electron chi connectivity index (χ2n) is 4.90. The van der Waals surface area contributed by atoms with Crippen molar-refractivity contribution in [1.29, 1.82) is 0 Å². The molecule has 5 nitrogen and oxygen atoms in total. The smallest absolute Gasteiger partial charge is 0.330 e. The van der Waals surface area contributed by atoms with E-state index < -0.39 is 28.6 Å². The Bertz CT molecular complexity index is 514. The third-order valence-corrected chi connectivity index (χ3v) is 4.56. The number of rotatable bonds is 4. The zero-order valence-electron chi connectivity index (χ0n) is 10.8. The molecule has 110 valence electrons. The molecule has 2 rings (SSSR count). The molecular weight excluding hydrogens is 285 g/mol. The molecule has 0 bridgehead atoms. The molecule has 1 fully saturated rings. The first-order valence-corrected chi connectivity index (χ1v) is 7.44. The predicted octanol–water partition coefficient (Wildman–Crippen LogP) is 2.56. The predicted molar refractivity (Wildman–Crippen MR) is 73.1 cm³/mol. The zero-order chi connectivity index (χ0) is 14.8. The number of hydrogen-bond acceptors (Lipinski definition) is 2. The van der Waals surface area contributed by atoms with E-state index in [1.807, 2.05) is 0 Å². The van der Waals surface area contributed by atoms with Gasteiger partial charge in [-0.15, -0.1) is 0 Å². The number of nitrogens with zero attached hydrogens (tertiary/aromatic N) is 1. The number of carboxylic acid groups (broad SMARTS) is 1. The van der Waals surface area contributed by atoms with Gasteiger partial charge in [0, 0.05) is 0 Å². The topological polar surface area (TPSA) is 77.8 Å². The Hall–Kier alpha value is -1.47. The normalized spacial score (nSPS) is 19.3. The number of aliphatic carboxylic acids is 1. The van der Waals surface area contributed by atoms with E-state index in [2.05, 4.69) is 0 Å². The van der Waals surface area contributed by atoms with Crippen molar-refractivity contribution in [3.8, 4) is 0 Å². The second-order valence-corrected chi connectivity index (χ2v) is 5.73. The molecule has 7 heteroatoms. The first-order valence-electron chi connectivity index (χ1n) is 6.37. The molecule has 1 unspecified atom stereocenters. The van der Waals surface area contributed by atoms with Gasteiger partial charge in [0.2, 0.25) is 0 Å². The fourth-order valence-electron chi connectivity index (χ4n) is 2.70. The number of carboxylic acids is 1. The van der Waals surface area contributed by atoms with Crippen molar-refractivity contribution in [1.82, 2.24) is 0 Å². The molecule has 1 saturated carbocycles. The van der Waals surface area contributed by atoms with Gasteiger partial charge < -0.3 is 5.11 Å². The van der Waals surface area contributed by atoms with Crippen molar-refractivity contribution in [2.45, 2.75) is 37.6 Å². The van der Waals surface area contributed by atoms with Crippen LogP contribution in [0.5, 0.6) is 0 Å². The van der Waals surface area contributed by atoms with E-state index in [0.29, 0.717) is 25.7 Å². The summed E-state index contributed by atoms with van der Waals surface area (Å²) in [6, 6.07) is 4.94. The number of anilines is 1. The van der Waals surface area contributed by atoms with Crippen LogP contribution in [0.25, 0.3) is 0 Å². The van der Waals surface area contributed by atoms with Gasteiger partial charge in [-0.1, -0.05) is 19.3 Å². The standard InChI is InChI=1S/C13H16FNO4S/c14-10-4-6-11(7-5-10)15(20(18)19)13(12(16)17)8-2-1-3-9-13/h4-7H,1-3,8-9H2,(H,16,17)(H,18,19). The Kier molecular flexibility index (Phi) is 4.39. The van der Waals surface area contributed by atoms with Crippen LogP contribution < -0.4 is 4.31 Å². The highest BCUT2D eigenvalue weighted by atomic mass is 32.2. The van der Waals surface area contributed by atoms with Gasteiger partial charge in [-0.3, -0.25) is 8.86 Å². The van der Waals surface area contributed by atoms with Crippen LogP contribution in [0.1, 0.15) is 32.1 Å². The summed E-state index contributed by atoms with van der Waals surface area (Å²) in [6.45, 7) is 0. The first-order chi connectivity index (χ1) is 9.47. The molecule has 1 aliphatic carbocycles. The zero-order valence-corrected chi connectivity index (χ0v) is 11.6. The minimum Gasteiger partial charge on any atom is -0.479 e. The molecule has 0 aromatic heterocycles. The van der Waals surface area contributed by atoms with Gasteiger partial charge in [0.25, 0.3) is 11.3 Å². The van der Waals surface area contributed by atoms with Crippen LogP contribution in [0.3, 0.4) is 0 Å². The summed E-state index contributed by atoms with van der Waals surface area (Å²) in [6.07, 6.45) is 2.87. The molecule has 0 amide bonds. The van der Waals surface area contributed by atoms with E-state index in [1.54, 1.807) is 0 Å². The molecule has 0 aliphatic heterocycles. The lowest BCUT2D eigenvalue weighted by Crippen LogP contribution is -2.56. The molecule has 0 saturated heterocycles. The van der Waals surface area contributed by atoms with E-state index in [1.165, 1.54) is 12.1 Å². The van der Waals surface area contributed by atoms with Crippen molar-refractivity contribution in [3.05, 3.63) is 30.1 Å². The summed E-state index contributed by atoms with van der Waals surface area (Å²) in [7, 11) is 0. The van der Waals surface area contributed by atoms with Crippen molar-refractivity contribution >= 4 is 22.9 Å². The van der Waals surface area contributed by atoms with Crippen molar-refractivity contribution in [2.24, 2.45) is 0 Å². The monoisotopic (exact) mass is 301 g/mol. The maximum atomic E-state index is 13.0. The number of carbonyl (C=O) groups is 1. The summed E-state index contributed by atoms with van der Waals surface area (Å²) in [4.78, 5) is 11.7. The lowest BCUT2D eigenvalue weighted by Gasteiger charge is -2.41. The quantitative estimate of drug-likeness (QED) is 0.838. The minimum atomic E-state index is -2.49. The van der Waals surface area contributed by atoms with Gasteiger partial charge in [-0.2, -0.15) is 0 Å². The molecule has 0 spiro atoms. The van der Waals surface area contributed by atoms with Crippen LogP contribution in [-0.4, -0.2) is 25.4 Å². The van der Waals surface area contributed by atoms with E-state index in [9.17, 15) is 23.1 Å². The van der Waals surface area contributed by atoms with Crippen molar-refractivity contribution in [3.63, 3.8) is 0 Å². The summed E-state index contributed by atoms with van der Waals surface area (Å²) in [5.74, 6) is -1.60. The van der Waals surface area contributed by atoms with Crippen molar-refractivity contribution < 1.29 is 23.1 Å². The van der Waals surface area contributed by atoms with Crippen molar-refractivity contribution in [2.75, 3.05) is 4.31 Å². The Balaban J connectivity index is 2.47. The first kappa shape index (κ1) is 14.9. The minimum absolute atomic E-state index is 0.233. The molecule has 1 aliphatic rings. The second kappa shape index (κ2) is 5.88. The van der Waals surface area contributed by atoms with Gasteiger partial charge in [0.15, 0.2) is 5.54 Å². The maximum absolute atomic E-state index is 13.0. The highest BCUT2D eigenvalue weighted by Crippen LogP contribution is 2.38. The average Bonchev–Trinajstić information content (AvgIpc) is 2.42. The lowest BCUT2D eigenvalue weighted by molar-refractivity contribution is -0.144. The highest BCUT2D eigenvalue weighted by Gasteiger charge is 2.47. The van der Waals surface area contributed by atoms with Crippen LogP contribution in [0, 0.1) is 5.82 Å². The Morgan fingerprint density at radius 3 is 2.20 bits per heavy atom. The Labute approximate surface area is 118 Å². The average molecular weight is 301 g/mol. The SMILES string of the molecule is O=C(O)C1(N(c2ccc(F)cc2)S(=O)O)CCCCC1. The van der Waals surface area contributed by atoms with E-state index >= 15 is 0 Å².